The third-order valence-electron chi connectivity index (χ3n) is 0.926. The summed E-state index contributed by atoms with van der Waals surface area (Å²) in [5, 5.41) is 0. The Morgan fingerprint density at radius 1 is 1.40 bits per heavy atom. The van der Waals surface area contributed by atoms with Gasteiger partial charge in [0, 0.05) is 6.42 Å². The highest BCUT2D eigenvalue weighted by molar-refractivity contribution is 5.36. The maximum Gasteiger partial charge on any atom is 0.293 e. The zero-order valence-corrected chi connectivity index (χ0v) is 6.50. The summed E-state index contributed by atoms with van der Waals surface area (Å²) < 4.78 is 9.65. The maximum absolute atomic E-state index is 9.64. The van der Waals surface area contributed by atoms with E-state index in [9.17, 15) is 4.79 Å². The van der Waals surface area contributed by atoms with Crippen molar-refractivity contribution in [1.29, 1.82) is 0 Å². The van der Waals surface area contributed by atoms with E-state index in [1.165, 1.54) is 0 Å². The molecule has 0 saturated heterocycles. The molecule has 60 valence electrons. The Hall–Kier alpha value is -0.570. The Kier molecular flexibility index (Phi) is 6.18. The van der Waals surface area contributed by atoms with Crippen LogP contribution in [0, 0.1) is 0 Å². The fraction of sp³-hybridized carbons (Fsp3) is 0.857. The van der Waals surface area contributed by atoms with Crippen LogP contribution in [0.5, 0.6) is 0 Å². The van der Waals surface area contributed by atoms with E-state index < -0.39 is 0 Å². The molecule has 0 spiro atoms. The van der Waals surface area contributed by atoms with Crippen molar-refractivity contribution in [3.05, 3.63) is 0 Å². The Bertz CT molecular complexity index is 80.9. The Balaban J connectivity index is 2.83. The first-order chi connectivity index (χ1) is 4.77. The van der Waals surface area contributed by atoms with Gasteiger partial charge < -0.3 is 9.47 Å². The molecule has 0 aromatic rings. The molecule has 0 N–H and O–H groups in total. The van der Waals surface area contributed by atoms with Gasteiger partial charge in [0.1, 0.15) is 0 Å². The van der Waals surface area contributed by atoms with E-state index in [0.29, 0.717) is 19.7 Å². The Labute approximate surface area is 61.3 Å². The van der Waals surface area contributed by atoms with Crippen LogP contribution in [0.2, 0.25) is 0 Å². The molecule has 0 aromatic heterocycles. The zero-order chi connectivity index (χ0) is 7.82. The molecule has 0 aliphatic rings. The minimum Gasteiger partial charge on any atom is -0.468 e. The zero-order valence-electron chi connectivity index (χ0n) is 6.50. The van der Waals surface area contributed by atoms with Gasteiger partial charge in [0.15, 0.2) is 0 Å². The van der Waals surface area contributed by atoms with E-state index in [4.69, 9.17) is 4.74 Å². The lowest BCUT2D eigenvalue weighted by atomic mass is 10.4. The molecule has 0 fully saturated rings. The molecule has 0 unspecified atom stereocenters. The smallest absolute Gasteiger partial charge is 0.293 e. The van der Waals surface area contributed by atoms with E-state index in [1.807, 2.05) is 13.8 Å². The molecule has 0 aromatic carbocycles. The predicted octanol–water partition coefficient (Wildman–Crippen LogP) is 0.974. The van der Waals surface area contributed by atoms with Crippen LogP contribution in [0.15, 0.2) is 0 Å². The van der Waals surface area contributed by atoms with E-state index in [1.54, 1.807) is 0 Å². The van der Waals surface area contributed by atoms with Crippen molar-refractivity contribution in [3.63, 3.8) is 0 Å². The minimum absolute atomic E-state index is 0.260. The molecule has 0 amide bonds. The van der Waals surface area contributed by atoms with Crippen molar-refractivity contribution < 1.29 is 14.3 Å². The number of rotatable bonds is 6. The second kappa shape index (κ2) is 6.55. The largest absolute Gasteiger partial charge is 0.468 e. The maximum atomic E-state index is 9.64. The van der Waals surface area contributed by atoms with Crippen molar-refractivity contribution >= 4 is 6.47 Å². The summed E-state index contributed by atoms with van der Waals surface area (Å²) in [6.45, 7) is 5.51. The third kappa shape index (κ3) is 7.43. The molecule has 0 aliphatic carbocycles. The molecule has 0 radical (unpaired) electrons. The van der Waals surface area contributed by atoms with Gasteiger partial charge in [-0.2, -0.15) is 0 Å². The summed E-state index contributed by atoms with van der Waals surface area (Å²) in [7, 11) is 0. The SMILES string of the molecule is CC(C)OCCCOC=O. The number of ether oxygens (including phenoxy) is 2. The molecule has 3 nitrogen and oxygen atoms in total. The van der Waals surface area contributed by atoms with E-state index in [0.717, 1.165) is 6.42 Å². The Morgan fingerprint density at radius 2 is 2.10 bits per heavy atom. The van der Waals surface area contributed by atoms with Gasteiger partial charge in [-0.3, -0.25) is 4.79 Å². The second-order valence-corrected chi connectivity index (χ2v) is 2.24. The summed E-state index contributed by atoms with van der Waals surface area (Å²) in [6.07, 6.45) is 1.04. The number of hydrogen-bond donors (Lipinski definition) is 0. The van der Waals surface area contributed by atoms with Crippen LogP contribution in [0.3, 0.4) is 0 Å². The fourth-order valence-corrected chi connectivity index (χ4v) is 0.509. The summed E-state index contributed by atoms with van der Waals surface area (Å²) in [5.74, 6) is 0. The first-order valence-electron chi connectivity index (χ1n) is 3.44. The number of hydrogen-bond acceptors (Lipinski definition) is 3. The van der Waals surface area contributed by atoms with E-state index >= 15 is 0 Å². The minimum atomic E-state index is 0.260. The predicted molar refractivity (Wildman–Crippen MR) is 37.7 cm³/mol. The second-order valence-electron chi connectivity index (χ2n) is 2.24. The van der Waals surface area contributed by atoms with Crippen molar-refractivity contribution in [2.75, 3.05) is 13.2 Å². The highest BCUT2D eigenvalue weighted by Crippen LogP contribution is 1.89. The van der Waals surface area contributed by atoms with Crippen molar-refractivity contribution in [2.45, 2.75) is 26.4 Å². The number of carbonyl (C=O) groups is 1. The molecule has 10 heavy (non-hydrogen) atoms. The van der Waals surface area contributed by atoms with Gasteiger partial charge in [0.2, 0.25) is 0 Å². The molecule has 0 saturated carbocycles. The lowest BCUT2D eigenvalue weighted by Gasteiger charge is -2.05. The highest BCUT2D eigenvalue weighted by Gasteiger charge is 1.91. The highest BCUT2D eigenvalue weighted by atomic mass is 16.5. The van der Waals surface area contributed by atoms with Crippen LogP contribution in [0.1, 0.15) is 20.3 Å². The van der Waals surface area contributed by atoms with Crippen LogP contribution in [-0.2, 0) is 14.3 Å². The van der Waals surface area contributed by atoms with Gasteiger partial charge in [-0.25, -0.2) is 0 Å². The lowest BCUT2D eigenvalue weighted by molar-refractivity contribution is -0.129. The van der Waals surface area contributed by atoms with Crippen LogP contribution < -0.4 is 0 Å². The standard InChI is InChI=1S/C7H14O3/c1-7(2)10-5-3-4-9-6-8/h6-7H,3-5H2,1-2H3. The topological polar surface area (TPSA) is 35.5 Å². The molecule has 3 heteroatoms. The van der Waals surface area contributed by atoms with Crippen LogP contribution in [0.4, 0.5) is 0 Å². The first-order valence-corrected chi connectivity index (χ1v) is 3.44. The van der Waals surface area contributed by atoms with Gasteiger partial charge >= 0.3 is 0 Å². The monoisotopic (exact) mass is 146 g/mol. The average Bonchev–Trinajstić information content (AvgIpc) is 1.87. The molecular formula is C7H14O3. The van der Waals surface area contributed by atoms with Crippen LogP contribution >= 0.6 is 0 Å². The molecule has 0 bridgehead atoms. The summed E-state index contributed by atoms with van der Waals surface area (Å²) in [4.78, 5) is 9.64. The normalized spacial score (nSPS) is 9.90. The van der Waals surface area contributed by atoms with Crippen LogP contribution in [-0.4, -0.2) is 25.8 Å². The average molecular weight is 146 g/mol. The molecule has 0 atom stereocenters. The lowest BCUT2D eigenvalue weighted by Crippen LogP contribution is -2.06. The van der Waals surface area contributed by atoms with Gasteiger partial charge in [0.05, 0.1) is 19.3 Å². The Morgan fingerprint density at radius 3 is 2.60 bits per heavy atom. The van der Waals surface area contributed by atoms with Crippen LogP contribution in [0.25, 0.3) is 0 Å². The van der Waals surface area contributed by atoms with Gasteiger partial charge in [0.25, 0.3) is 6.47 Å². The molecule has 0 rings (SSSR count). The summed E-state index contributed by atoms with van der Waals surface area (Å²) in [5.41, 5.74) is 0. The van der Waals surface area contributed by atoms with Gasteiger partial charge in [-0.05, 0) is 13.8 Å². The fourth-order valence-electron chi connectivity index (χ4n) is 0.509. The van der Waals surface area contributed by atoms with E-state index in [-0.39, 0.29) is 6.10 Å². The summed E-state index contributed by atoms with van der Waals surface area (Å²) in [6, 6.07) is 0. The number of carbonyl (C=O) groups excluding carboxylic acids is 1. The summed E-state index contributed by atoms with van der Waals surface area (Å²) >= 11 is 0. The first kappa shape index (κ1) is 9.43. The van der Waals surface area contributed by atoms with Crippen molar-refractivity contribution in [3.8, 4) is 0 Å². The third-order valence-corrected chi connectivity index (χ3v) is 0.926. The van der Waals surface area contributed by atoms with Gasteiger partial charge in [-0.1, -0.05) is 0 Å². The molecular weight excluding hydrogens is 132 g/mol. The molecule has 0 heterocycles. The molecule has 0 aliphatic heterocycles. The van der Waals surface area contributed by atoms with E-state index in [2.05, 4.69) is 4.74 Å². The quantitative estimate of drug-likeness (QED) is 0.414. The van der Waals surface area contributed by atoms with Gasteiger partial charge in [-0.15, -0.1) is 0 Å². The van der Waals surface area contributed by atoms with Crippen molar-refractivity contribution in [1.82, 2.24) is 0 Å². The van der Waals surface area contributed by atoms with Crippen molar-refractivity contribution in [2.24, 2.45) is 0 Å².